The minimum absolute atomic E-state index is 0. The molecule has 0 atom stereocenters. The summed E-state index contributed by atoms with van der Waals surface area (Å²) in [5.74, 6) is 1.16. The quantitative estimate of drug-likeness (QED) is 0.135. The van der Waals surface area contributed by atoms with E-state index in [0.717, 1.165) is 83.5 Å². The third-order valence-electron chi connectivity index (χ3n) is 12.4. The van der Waals surface area contributed by atoms with Crippen molar-refractivity contribution >= 4 is 11.0 Å². The number of para-hydroxylation sites is 1. The maximum Gasteiger partial charge on any atom is 2.00 e. The van der Waals surface area contributed by atoms with Crippen molar-refractivity contribution in [2.45, 2.75) is 46.9 Å². The molecule has 0 aliphatic rings. The number of hydrogen-bond acceptors (Lipinski definition) is 3. The van der Waals surface area contributed by atoms with Crippen LogP contribution in [-0.4, -0.2) is 14.5 Å². The normalized spacial score (nSPS) is 12.2. The van der Waals surface area contributed by atoms with Crippen LogP contribution in [0.15, 0.2) is 188 Å². The van der Waals surface area contributed by atoms with Gasteiger partial charge in [-0.15, -0.1) is 23.8 Å². The molecule has 2 aromatic heterocycles. The number of ether oxygens (including phenoxy) is 1. The Morgan fingerprint density at radius 3 is 1.87 bits per heavy atom. The summed E-state index contributed by atoms with van der Waals surface area (Å²) < 4.78 is 35.1. The van der Waals surface area contributed by atoms with Crippen LogP contribution in [0, 0.1) is 33.9 Å². The number of nitrogens with zero attached hydrogens (tertiary/aromatic N) is 3. The topological polar surface area (TPSA) is 39.9 Å². The summed E-state index contributed by atoms with van der Waals surface area (Å²) in [4.78, 5) is 10.5. The summed E-state index contributed by atoms with van der Waals surface area (Å²) in [6.07, 6.45) is 1.85. The number of benzene rings is 8. The first-order chi connectivity index (χ1) is 33.2. The molecule has 2 heterocycles. The second kappa shape index (κ2) is 18.6. The van der Waals surface area contributed by atoms with Gasteiger partial charge in [0.2, 0.25) is 0 Å². The van der Waals surface area contributed by atoms with Crippen LogP contribution in [0.25, 0.3) is 95.0 Å². The molecule has 10 rings (SSSR count). The minimum Gasteiger partial charge on any atom is -0.665 e. The van der Waals surface area contributed by atoms with Crippen LogP contribution in [0.2, 0.25) is 0 Å². The summed E-state index contributed by atoms with van der Waals surface area (Å²) >= 11 is 0. The van der Waals surface area contributed by atoms with Gasteiger partial charge in [0.25, 0.3) is 0 Å². The zero-order valence-electron chi connectivity index (χ0n) is 41.2. The molecular formula is C62H51N3OPt. The standard InChI is InChI=1S/C62H51N3O.Pt/c1-40-32-42(3)60(66-7)55(33-40)61-64-59-52(49-35-48(44-20-13-9-14-21-44)36-50(37-49)56-38-47(30-31-63-56)43-18-11-8-12-19-43)24-17-25-57(59)65(61)58-34-41(2)53(45-22-15-10-16-23-45)39-54(58)46-26-28-51(29-27-46)62(4,5)6;/h8-36,38-39H,7H2,1-6H3;/q-2;+2/i2D3;. The molecule has 0 spiro atoms. The fraction of sp³-hybridized carbons (Fsp3) is 0.113. The van der Waals surface area contributed by atoms with Crippen LogP contribution in [-0.2, 0) is 26.5 Å². The van der Waals surface area contributed by atoms with Gasteiger partial charge < -0.3 is 4.74 Å². The van der Waals surface area contributed by atoms with E-state index in [1.165, 1.54) is 5.56 Å². The molecule has 10 aromatic rings. The van der Waals surface area contributed by atoms with Gasteiger partial charge in [-0.1, -0.05) is 177 Å². The summed E-state index contributed by atoms with van der Waals surface area (Å²) in [6, 6.07) is 65.5. The number of aromatic nitrogens is 3. The fourth-order valence-corrected chi connectivity index (χ4v) is 9.10. The van der Waals surface area contributed by atoms with E-state index in [2.05, 4.69) is 136 Å². The number of pyridine rings is 1. The molecule has 0 amide bonds. The summed E-state index contributed by atoms with van der Waals surface area (Å²) in [5.41, 5.74) is 16.9. The zero-order chi connectivity index (χ0) is 48.0. The van der Waals surface area contributed by atoms with E-state index in [1.807, 2.05) is 104 Å². The third-order valence-corrected chi connectivity index (χ3v) is 12.4. The van der Waals surface area contributed by atoms with Gasteiger partial charge in [0, 0.05) is 21.6 Å². The van der Waals surface area contributed by atoms with Crippen molar-refractivity contribution in [3.8, 4) is 89.7 Å². The van der Waals surface area contributed by atoms with E-state index in [-0.39, 0.29) is 32.0 Å². The van der Waals surface area contributed by atoms with Crippen LogP contribution < -0.4 is 4.74 Å². The zero-order valence-corrected chi connectivity index (χ0v) is 40.4. The van der Waals surface area contributed by atoms with E-state index < -0.39 is 6.85 Å². The van der Waals surface area contributed by atoms with Gasteiger partial charge in [0.15, 0.2) is 0 Å². The summed E-state index contributed by atoms with van der Waals surface area (Å²) in [6.45, 7) is 8.20. The van der Waals surface area contributed by atoms with E-state index >= 15 is 0 Å². The predicted octanol–water partition coefficient (Wildman–Crippen LogP) is 16.3. The Morgan fingerprint density at radius 1 is 0.567 bits per heavy atom. The van der Waals surface area contributed by atoms with Gasteiger partial charge in [-0.25, -0.2) is 4.98 Å². The Bertz CT molecular complexity index is 3510. The van der Waals surface area contributed by atoms with Gasteiger partial charge >= 0.3 is 21.1 Å². The second-order valence-electron chi connectivity index (χ2n) is 18.0. The minimum atomic E-state index is -2.47. The molecule has 67 heavy (non-hydrogen) atoms. The van der Waals surface area contributed by atoms with E-state index in [9.17, 15) is 0 Å². The van der Waals surface area contributed by atoms with E-state index in [0.29, 0.717) is 28.3 Å². The van der Waals surface area contributed by atoms with Crippen molar-refractivity contribution in [2.75, 3.05) is 0 Å². The Kier molecular flexibility index (Phi) is 11.5. The van der Waals surface area contributed by atoms with Crippen LogP contribution in [0.4, 0.5) is 0 Å². The Labute approximate surface area is 413 Å². The van der Waals surface area contributed by atoms with Gasteiger partial charge in [0.1, 0.15) is 5.82 Å². The van der Waals surface area contributed by atoms with Crippen molar-refractivity contribution in [1.82, 2.24) is 14.5 Å². The molecule has 0 aliphatic carbocycles. The molecule has 8 aromatic carbocycles. The molecule has 0 fully saturated rings. The molecule has 0 N–H and O–H groups in total. The molecule has 0 unspecified atom stereocenters. The number of rotatable bonds is 9. The van der Waals surface area contributed by atoms with Crippen LogP contribution in [0.3, 0.4) is 0 Å². The number of hydrogen-bond donors (Lipinski definition) is 0. The van der Waals surface area contributed by atoms with E-state index in [1.54, 1.807) is 0 Å². The number of fused-ring (bicyclic) bond motifs is 1. The van der Waals surface area contributed by atoms with Crippen LogP contribution in [0.1, 0.15) is 47.1 Å². The average Bonchev–Trinajstić information content (AvgIpc) is 3.76. The van der Waals surface area contributed by atoms with Crippen molar-refractivity contribution in [3.63, 3.8) is 0 Å². The first kappa shape index (κ1) is 41.3. The predicted molar refractivity (Wildman–Crippen MR) is 275 cm³/mol. The first-order valence-corrected chi connectivity index (χ1v) is 22.3. The van der Waals surface area contributed by atoms with Gasteiger partial charge in [-0.2, -0.15) is 7.11 Å². The largest absolute Gasteiger partial charge is 2.00 e. The average molecular weight is 1050 g/mol. The molecule has 0 aliphatic heterocycles. The van der Waals surface area contributed by atoms with Crippen LogP contribution in [0.5, 0.6) is 5.75 Å². The molecule has 4 nitrogen and oxygen atoms in total. The van der Waals surface area contributed by atoms with Crippen molar-refractivity contribution < 1.29 is 29.9 Å². The molecule has 0 bridgehead atoms. The monoisotopic (exact) mass is 1050 g/mol. The number of aryl methyl sites for hydroxylation is 3. The van der Waals surface area contributed by atoms with Gasteiger partial charge in [-0.05, 0) is 112 Å². The maximum absolute atomic E-state index is 9.02. The Balaban J connectivity index is 0.00000608. The van der Waals surface area contributed by atoms with E-state index in [4.69, 9.17) is 18.8 Å². The second-order valence-corrected chi connectivity index (χ2v) is 18.0. The van der Waals surface area contributed by atoms with Crippen molar-refractivity contribution in [3.05, 3.63) is 224 Å². The van der Waals surface area contributed by atoms with Crippen molar-refractivity contribution in [2.24, 2.45) is 0 Å². The molecular weight excluding hydrogens is 998 g/mol. The first-order valence-electron chi connectivity index (χ1n) is 23.8. The maximum atomic E-state index is 9.02. The smallest absolute Gasteiger partial charge is 0.665 e. The number of imidazole rings is 1. The Morgan fingerprint density at radius 2 is 1.21 bits per heavy atom. The Hall–Kier alpha value is -7.13. The van der Waals surface area contributed by atoms with Crippen LogP contribution >= 0.6 is 0 Å². The molecule has 0 saturated carbocycles. The SMILES string of the molecule is [2H]C([2H])([2H])c1cc(-n2c(-c3cc(C)cc(C)c3O[CH2-])nc3c(-c4[c-]c(-c5cc(-c6ccccc6)ccn5)cc(-c5ccccc5)c4)cccc32)c(-c2ccc(C(C)(C)C)cc2)cc1-c1ccccc1.[Pt+2]. The van der Waals surface area contributed by atoms with Gasteiger partial charge in [-0.3, -0.25) is 9.55 Å². The molecule has 330 valence electrons. The summed E-state index contributed by atoms with van der Waals surface area (Å²) in [5, 5.41) is 0. The summed E-state index contributed by atoms with van der Waals surface area (Å²) in [7, 11) is 3.92. The van der Waals surface area contributed by atoms with Gasteiger partial charge in [0.05, 0.1) is 28.0 Å². The fourth-order valence-electron chi connectivity index (χ4n) is 9.10. The molecule has 0 saturated heterocycles. The molecule has 5 heteroatoms. The van der Waals surface area contributed by atoms with Crippen molar-refractivity contribution in [1.29, 1.82) is 0 Å². The third kappa shape index (κ3) is 8.83. The molecule has 0 radical (unpaired) electrons.